The third-order valence-electron chi connectivity index (χ3n) is 6.59. The van der Waals surface area contributed by atoms with Crippen molar-refractivity contribution in [2.75, 3.05) is 7.11 Å². The van der Waals surface area contributed by atoms with E-state index in [0.29, 0.717) is 11.1 Å². The van der Waals surface area contributed by atoms with Gasteiger partial charge in [0.05, 0.1) is 18.9 Å². The zero-order valence-electron chi connectivity index (χ0n) is 21.9. The summed E-state index contributed by atoms with van der Waals surface area (Å²) >= 11 is 0. The molecule has 1 aliphatic carbocycles. The van der Waals surface area contributed by atoms with E-state index in [4.69, 9.17) is 14.2 Å². The highest BCUT2D eigenvalue weighted by molar-refractivity contribution is 6.00. The number of Topliss-reactive ketones (excluding diaryl/α,β-unsaturated/α-hetero) is 1. The van der Waals surface area contributed by atoms with E-state index in [1.165, 1.54) is 43.6 Å². The Kier molecular flexibility index (Phi) is 8.69. The number of ether oxygens (including phenoxy) is 3. The van der Waals surface area contributed by atoms with Crippen LogP contribution in [0.3, 0.4) is 0 Å². The highest BCUT2D eigenvalue weighted by Crippen LogP contribution is 2.36. The van der Waals surface area contributed by atoms with Crippen LogP contribution in [0, 0.1) is 23.5 Å². The monoisotopic (exact) mass is 537 g/mol. The van der Waals surface area contributed by atoms with Crippen LogP contribution in [-0.4, -0.2) is 35.9 Å². The second-order valence-electron chi connectivity index (χ2n) is 9.64. The fourth-order valence-corrected chi connectivity index (χ4v) is 4.29. The van der Waals surface area contributed by atoms with Crippen LogP contribution in [0.25, 0.3) is 0 Å². The molecule has 0 amide bonds. The van der Waals surface area contributed by atoms with Crippen molar-refractivity contribution in [1.29, 1.82) is 0 Å². The molecule has 3 aromatic rings. The van der Waals surface area contributed by atoms with Gasteiger partial charge in [-0.1, -0.05) is 31.2 Å². The summed E-state index contributed by atoms with van der Waals surface area (Å²) in [5.41, 5.74) is 1.25. The molecule has 7 nitrogen and oxygen atoms in total. The van der Waals surface area contributed by atoms with Gasteiger partial charge in [-0.15, -0.1) is 0 Å². The van der Waals surface area contributed by atoms with Crippen molar-refractivity contribution in [3.8, 4) is 11.5 Å². The van der Waals surface area contributed by atoms with E-state index in [2.05, 4.69) is 4.98 Å². The SMILES string of the molecule is COc1ccnc(C(=O)C[C@@H](C)C(=O)O[C@@H](C)C(c2ccc(F)cc2)c2ccc(F)cc2)c1OC(=O)C1CC1. The molecule has 0 saturated heterocycles. The summed E-state index contributed by atoms with van der Waals surface area (Å²) in [5.74, 6) is -3.89. The van der Waals surface area contributed by atoms with Crippen LogP contribution >= 0.6 is 0 Å². The standard InChI is InChI=1S/C30H29F2NO6/c1-17(16-24(34)27-28(25(37-3)14-15-33-27)39-30(36)21-4-5-21)29(35)38-18(2)26(19-6-10-22(31)11-7-19)20-8-12-23(32)13-9-20/h6-15,17-18,21,26H,4-5,16H2,1-3H3/t17-,18+/m1/s1. The molecule has 0 spiro atoms. The summed E-state index contributed by atoms with van der Waals surface area (Å²) in [4.78, 5) is 42.6. The Morgan fingerprint density at radius 3 is 2.00 bits per heavy atom. The molecule has 0 radical (unpaired) electrons. The summed E-state index contributed by atoms with van der Waals surface area (Å²) in [6, 6.07) is 13.0. The smallest absolute Gasteiger partial charge is 0.314 e. The first-order valence-electron chi connectivity index (χ1n) is 12.7. The Labute approximate surface area is 225 Å². The summed E-state index contributed by atoms with van der Waals surface area (Å²) in [6.45, 7) is 3.23. The van der Waals surface area contributed by atoms with Crippen LogP contribution < -0.4 is 9.47 Å². The molecule has 0 N–H and O–H groups in total. The highest BCUT2D eigenvalue weighted by Gasteiger charge is 2.34. The first-order valence-corrected chi connectivity index (χ1v) is 12.7. The summed E-state index contributed by atoms with van der Waals surface area (Å²) in [7, 11) is 1.39. The van der Waals surface area contributed by atoms with Crippen LogP contribution in [0.5, 0.6) is 11.5 Å². The molecule has 1 saturated carbocycles. The Hall–Kier alpha value is -4.14. The van der Waals surface area contributed by atoms with E-state index in [1.807, 2.05) is 0 Å². The zero-order chi connectivity index (χ0) is 28.1. The number of carbonyl (C=O) groups excluding carboxylic acids is 3. The number of carbonyl (C=O) groups is 3. The van der Waals surface area contributed by atoms with Crippen molar-refractivity contribution in [2.24, 2.45) is 11.8 Å². The van der Waals surface area contributed by atoms with Crippen LogP contribution in [0.4, 0.5) is 8.78 Å². The molecular formula is C30H29F2NO6. The molecule has 9 heteroatoms. The average Bonchev–Trinajstić information content (AvgIpc) is 3.77. The van der Waals surface area contributed by atoms with E-state index >= 15 is 0 Å². The van der Waals surface area contributed by atoms with Crippen molar-refractivity contribution in [2.45, 2.75) is 45.1 Å². The zero-order valence-corrected chi connectivity index (χ0v) is 21.9. The summed E-state index contributed by atoms with van der Waals surface area (Å²) in [6.07, 6.45) is 1.83. The minimum absolute atomic E-state index is 0.0662. The van der Waals surface area contributed by atoms with Crippen molar-refractivity contribution >= 4 is 17.7 Å². The van der Waals surface area contributed by atoms with E-state index in [0.717, 1.165) is 12.8 Å². The van der Waals surface area contributed by atoms with Gasteiger partial charge in [0.2, 0.25) is 5.75 Å². The molecule has 2 atom stereocenters. The Bertz CT molecular complexity index is 1290. The molecular weight excluding hydrogens is 508 g/mol. The number of esters is 2. The quantitative estimate of drug-likeness (QED) is 0.230. The largest absolute Gasteiger partial charge is 0.493 e. The molecule has 204 valence electrons. The van der Waals surface area contributed by atoms with Gasteiger partial charge >= 0.3 is 11.9 Å². The number of hydrogen-bond donors (Lipinski definition) is 0. The molecule has 1 aromatic heterocycles. The van der Waals surface area contributed by atoms with Gasteiger partial charge in [0.15, 0.2) is 17.2 Å². The normalized spacial score (nSPS) is 14.4. The third-order valence-corrected chi connectivity index (χ3v) is 6.59. The molecule has 0 unspecified atom stereocenters. The molecule has 0 bridgehead atoms. The third kappa shape index (κ3) is 6.85. The number of aromatic nitrogens is 1. The van der Waals surface area contributed by atoms with E-state index < -0.39 is 47.3 Å². The molecule has 1 heterocycles. The molecule has 2 aromatic carbocycles. The van der Waals surface area contributed by atoms with Gasteiger partial charge in [-0.3, -0.25) is 14.4 Å². The molecule has 39 heavy (non-hydrogen) atoms. The maximum atomic E-state index is 13.6. The van der Waals surface area contributed by atoms with Gasteiger partial charge in [0.1, 0.15) is 17.7 Å². The fraction of sp³-hybridized carbons (Fsp3) is 0.333. The Morgan fingerprint density at radius 1 is 0.923 bits per heavy atom. The van der Waals surface area contributed by atoms with E-state index in [9.17, 15) is 23.2 Å². The lowest BCUT2D eigenvalue weighted by molar-refractivity contribution is -0.153. The summed E-state index contributed by atoms with van der Waals surface area (Å²) < 4.78 is 43.6. The maximum Gasteiger partial charge on any atom is 0.314 e. The van der Waals surface area contributed by atoms with E-state index in [-0.39, 0.29) is 29.5 Å². The van der Waals surface area contributed by atoms with Gasteiger partial charge < -0.3 is 14.2 Å². The number of nitrogens with zero attached hydrogens (tertiary/aromatic N) is 1. The first kappa shape index (κ1) is 27.9. The topological polar surface area (TPSA) is 91.8 Å². The van der Waals surface area contributed by atoms with Crippen molar-refractivity contribution in [3.05, 3.63) is 89.2 Å². The van der Waals surface area contributed by atoms with Crippen molar-refractivity contribution in [3.63, 3.8) is 0 Å². The lowest BCUT2D eigenvalue weighted by atomic mass is 9.87. The highest BCUT2D eigenvalue weighted by atomic mass is 19.1. The fourth-order valence-electron chi connectivity index (χ4n) is 4.29. The van der Waals surface area contributed by atoms with Gasteiger partial charge in [0, 0.05) is 24.6 Å². The van der Waals surface area contributed by atoms with Gasteiger partial charge in [-0.25, -0.2) is 13.8 Å². The summed E-state index contributed by atoms with van der Waals surface area (Å²) in [5, 5.41) is 0. The number of pyridine rings is 1. The van der Waals surface area contributed by atoms with Crippen LogP contribution in [0.1, 0.15) is 60.6 Å². The van der Waals surface area contributed by atoms with Crippen LogP contribution in [-0.2, 0) is 14.3 Å². The van der Waals surface area contributed by atoms with Crippen LogP contribution in [0.2, 0.25) is 0 Å². The van der Waals surface area contributed by atoms with E-state index in [1.54, 1.807) is 38.1 Å². The Morgan fingerprint density at radius 2 is 1.49 bits per heavy atom. The maximum absolute atomic E-state index is 13.6. The van der Waals surface area contributed by atoms with Gasteiger partial charge in [-0.2, -0.15) is 0 Å². The second-order valence-corrected chi connectivity index (χ2v) is 9.64. The Balaban J connectivity index is 1.49. The lowest BCUT2D eigenvalue weighted by Crippen LogP contribution is -2.28. The minimum Gasteiger partial charge on any atom is -0.493 e. The molecule has 0 aliphatic heterocycles. The number of ketones is 1. The van der Waals surface area contributed by atoms with Crippen molar-refractivity contribution < 1.29 is 37.4 Å². The predicted molar refractivity (Wildman–Crippen MR) is 137 cm³/mol. The first-order chi connectivity index (χ1) is 18.7. The minimum atomic E-state index is -0.859. The molecule has 4 rings (SSSR count). The van der Waals surface area contributed by atoms with Crippen LogP contribution in [0.15, 0.2) is 60.8 Å². The number of benzene rings is 2. The number of rotatable bonds is 11. The van der Waals surface area contributed by atoms with Crippen molar-refractivity contribution in [1.82, 2.24) is 4.98 Å². The number of halogens is 2. The lowest BCUT2D eigenvalue weighted by Gasteiger charge is -2.26. The average molecular weight is 538 g/mol. The van der Waals surface area contributed by atoms with Gasteiger partial charge in [-0.05, 0) is 55.2 Å². The predicted octanol–water partition coefficient (Wildman–Crippen LogP) is 5.66. The second kappa shape index (κ2) is 12.1. The molecule has 1 fully saturated rings. The molecule has 1 aliphatic rings. The number of hydrogen-bond acceptors (Lipinski definition) is 7. The van der Waals surface area contributed by atoms with Gasteiger partial charge in [0.25, 0.3) is 0 Å². The number of methoxy groups -OCH3 is 1.